The van der Waals surface area contributed by atoms with E-state index in [9.17, 15) is 4.79 Å². The van der Waals surface area contributed by atoms with Crippen LogP contribution in [0, 0.1) is 6.92 Å². The Hall–Kier alpha value is -1.13. The number of halogens is 1. The highest BCUT2D eigenvalue weighted by Crippen LogP contribution is 2.19. The van der Waals surface area contributed by atoms with Crippen LogP contribution in [-0.4, -0.2) is 5.91 Å². The van der Waals surface area contributed by atoms with E-state index >= 15 is 0 Å². The van der Waals surface area contributed by atoms with Gasteiger partial charge in [-0.05, 0) is 53.9 Å². The molecule has 18 heavy (non-hydrogen) atoms. The summed E-state index contributed by atoms with van der Waals surface area (Å²) in [5, 5.41) is 7.08. The van der Waals surface area contributed by atoms with Gasteiger partial charge in [0.25, 0.3) is 5.91 Å². The maximum absolute atomic E-state index is 12.2. The summed E-state index contributed by atoms with van der Waals surface area (Å²) in [7, 11) is 0. The lowest BCUT2D eigenvalue weighted by atomic mass is 10.1. The van der Waals surface area contributed by atoms with Gasteiger partial charge in [0.2, 0.25) is 0 Å². The van der Waals surface area contributed by atoms with E-state index < -0.39 is 0 Å². The van der Waals surface area contributed by atoms with E-state index in [1.807, 2.05) is 43.5 Å². The number of benzene rings is 1. The molecule has 1 amide bonds. The van der Waals surface area contributed by atoms with Crippen molar-refractivity contribution in [2.45, 2.75) is 19.9 Å². The van der Waals surface area contributed by atoms with E-state index in [0.29, 0.717) is 5.56 Å². The van der Waals surface area contributed by atoms with E-state index in [4.69, 9.17) is 0 Å². The van der Waals surface area contributed by atoms with Crippen LogP contribution in [0.1, 0.15) is 34.5 Å². The smallest absolute Gasteiger partial charge is 0.252 e. The predicted molar refractivity (Wildman–Crippen MR) is 79.1 cm³/mol. The number of rotatable bonds is 3. The van der Waals surface area contributed by atoms with Gasteiger partial charge >= 0.3 is 0 Å². The molecule has 1 aromatic heterocycles. The fourth-order valence-electron chi connectivity index (χ4n) is 1.72. The monoisotopic (exact) mass is 323 g/mol. The van der Waals surface area contributed by atoms with Crippen molar-refractivity contribution in [3.8, 4) is 0 Å². The molecule has 0 aliphatic heterocycles. The first-order valence-electron chi connectivity index (χ1n) is 5.67. The first-order chi connectivity index (χ1) is 8.58. The minimum atomic E-state index is -0.0347. The molecule has 0 saturated carbocycles. The van der Waals surface area contributed by atoms with Gasteiger partial charge in [0, 0.05) is 10.0 Å². The third-order valence-corrected chi connectivity index (χ3v) is 4.03. The highest BCUT2D eigenvalue weighted by atomic mass is 79.9. The quantitative estimate of drug-likeness (QED) is 0.895. The highest BCUT2D eigenvalue weighted by molar-refractivity contribution is 9.10. The van der Waals surface area contributed by atoms with Gasteiger partial charge in [-0.3, -0.25) is 4.79 Å². The van der Waals surface area contributed by atoms with Gasteiger partial charge in [0.15, 0.2) is 0 Å². The number of thiophene rings is 1. The summed E-state index contributed by atoms with van der Waals surface area (Å²) in [4.78, 5) is 12.2. The Morgan fingerprint density at radius 1 is 1.39 bits per heavy atom. The largest absolute Gasteiger partial charge is 0.345 e. The summed E-state index contributed by atoms with van der Waals surface area (Å²) in [6.07, 6.45) is 0. The van der Waals surface area contributed by atoms with Crippen LogP contribution in [0.3, 0.4) is 0 Å². The van der Waals surface area contributed by atoms with Gasteiger partial charge in [-0.15, -0.1) is 0 Å². The van der Waals surface area contributed by atoms with Gasteiger partial charge in [0.1, 0.15) is 0 Å². The van der Waals surface area contributed by atoms with Crippen LogP contribution in [0.5, 0.6) is 0 Å². The van der Waals surface area contributed by atoms with E-state index in [1.54, 1.807) is 11.3 Å². The zero-order valence-corrected chi connectivity index (χ0v) is 12.6. The molecule has 1 aromatic carbocycles. The molecule has 0 radical (unpaired) electrons. The second-order valence-electron chi connectivity index (χ2n) is 4.21. The van der Waals surface area contributed by atoms with Crippen LogP contribution in [-0.2, 0) is 0 Å². The average Bonchev–Trinajstić information content (AvgIpc) is 2.85. The van der Waals surface area contributed by atoms with Crippen LogP contribution in [0.4, 0.5) is 0 Å². The van der Waals surface area contributed by atoms with Gasteiger partial charge in [0.05, 0.1) is 6.04 Å². The molecule has 0 saturated heterocycles. The third-order valence-electron chi connectivity index (χ3n) is 2.84. The SMILES string of the molecule is Cc1ccc(Br)cc1C(=O)NC(C)c1ccsc1. The molecule has 0 bridgehead atoms. The first-order valence-corrected chi connectivity index (χ1v) is 7.40. The number of aryl methyl sites for hydroxylation is 1. The summed E-state index contributed by atoms with van der Waals surface area (Å²) in [5.74, 6) is -0.0347. The van der Waals surface area contributed by atoms with Crippen LogP contribution in [0.2, 0.25) is 0 Å². The molecule has 0 aliphatic carbocycles. The van der Waals surface area contributed by atoms with Crippen molar-refractivity contribution in [3.05, 3.63) is 56.2 Å². The lowest BCUT2D eigenvalue weighted by Gasteiger charge is -2.14. The molecule has 2 nitrogen and oxygen atoms in total. The van der Waals surface area contributed by atoms with Crippen LogP contribution < -0.4 is 5.32 Å². The Labute approximate surface area is 119 Å². The van der Waals surface area contributed by atoms with Crippen LogP contribution in [0.25, 0.3) is 0 Å². The van der Waals surface area contributed by atoms with E-state index in [2.05, 4.69) is 26.6 Å². The fourth-order valence-corrected chi connectivity index (χ4v) is 2.83. The van der Waals surface area contributed by atoms with E-state index in [1.165, 1.54) is 0 Å². The van der Waals surface area contributed by atoms with Gasteiger partial charge in [-0.25, -0.2) is 0 Å². The summed E-state index contributed by atoms with van der Waals surface area (Å²) in [6, 6.07) is 7.79. The zero-order valence-electron chi connectivity index (χ0n) is 10.2. The molecule has 2 aromatic rings. The Bertz CT molecular complexity index is 551. The molecule has 0 aliphatic rings. The van der Waals surface area contributed by atoms with Gasteiger partial charge in [-0.1, -0.05) is 22.0 Å². The molecule has 0 spiro atoms. The predicted octanol–water partition coefficient (Wildman–Crippen LogP) is 4.31. The molecular formula is C14H14BrNOS. The maximum atomic E-state index is 12.2. The maximum Gasteiger partial charge on any atom is 0.252 e. The minimum absolute atomic E-state index is 0.0298. The molecule has 1 heterocycles. The molecule has 0 fully saturated rings. The number of hydrogen-bond donors (Lipinski definition) is 1. The Morgan fingerprint density at radius 3 is 2.83 bits per heavy atom. The standard InChI is InChI=1S/C14H14BrNOS/c1-9-3-4-12(15)7-13(9)14(17)16-10(2)11-5-6-18-8-11/h3-8,10H,1-2H3,(H,16,17). The fraction of sp³-hybridized carbons (Fsp3) is 0.214. The zero-order chi connectivity index (χ0) is 13.1. The summed E-state index contributed by atoms with van der Waals surface area (Å²) in [5.41, 5.74) is 2.83. The van der Waals surface area contributed by atoms with Gasteiger partial charge < -0.3 is 5.32 Å². The van der Waals surface area contributed by atoms with Crippen molar-refractivity contribution in [1.82, 2.24) is 5.32 Å². The molecule has 94 valence electrons. The van der Waals surface area contributed by atoms with Gasteiger partial charge in [-0.2, -0.15) is 11.3 Å². The molecule has 1 N–H and O–H groups in total. The Balaban J connectivity index is 2.15. The van der Waals surface area contributed by atoms with Crippen LogP contribution in [0.15, 0.2) is 39.5 Å². The van der Waals surface area contributed by atoms with Crippen molar-refractivity contribution in [2.75, 3.05) is 0 Å². The second-order valence-corrected chi connectivity index (χ2v) is 5.91. The molecule has 1 unspecified atom stereocenters. The number of amides is 1. The Morgan fingerprint density at radius 2 is 2.17 bits per heavy atom. The normalized spacial score (nSPS) is 12.2. The summed E-state index contributed by atoms with van der Waals surface area (Å²) >= 11 is 5.03. The lowest BCUT2D eigenvalue weighted by molar-refractivity contribution is 0.0939. The number of carbonyl (C=O) groups excluding carboxylic acids is 1. The lowest BCUT2D eigenvalue weighted by Crippen LogP contribution is -2.27. The molecule has 1 atom stereocenters. The highest BCUT2D eigenvalue weighted by Gasteiger charge is 2.13. The average molecular weight is 324 g/mol. The first kappa shape index (κ1) is 13.3. The van der Waals surface area contributed by atoms with E-state index in [-0.39, 0.29) is 11.9 Å². The Kier molecular flexibility index (Phi) is 4.19. The van der Waals surface area contributed by atoms with Crippen molar-refractivity contribution in [3.63, 3.8) is 0 Å². The number of hydrogen-bond acceptors (Lipinski definition) is 2. The minimum Gasteiger partial charge on any atom is -0.345 e. The van der Waals surface area contributed by atoms with E-state index in [0.717, 1.165) is 15.6 Å². The number of nitrogens with one attached hydrogen (secondary N) is 1. The van der Waals surface area contributed by atoms with Crippen molar-refractivity contribution in [2.24, 2.45) is 0 Å². The van der Waals surface area contributed by atoms with Crippen molar-refractivity contribution >= 4 is 33.2 Å². The molecule has 2 rings (SSSR count). The second kappa shape index (κ2) is 5.67. The summed E-state index contributed by atoms with van der Waals surface area (Å²) < 4.78 is 0.918. The van der Waals surface area contributed by atoms with Crippen molar-refractivity contribution in [1.29, 1.82) is 0 Å². The number of carbonyl (C=O) groups is 1. The third kappa shape index (κ3) is 3.00. The van der Waals surface area contributed by atoms with Crippen LogP contribution >= 0.6 is 27.3 Å². The topological polar surface area (TPSA) is 29.1 Å². The van der Waals surface area contributed by atoms with Crippen molar-refractivity contribution < 1.29 is 4.79 Å². The molecular weight excluding hydrogens is 310 g/mol. The summed E-state index contributed by atoms with van der Waals surface area (Å²) in [6.45, 7) is 3.93. The molecule has 4 heteroatoms.